The summed E-state index contributed by atoms with van der Waals surface area (Å²) in [5, 5.41) is 0. The Balaban J connectivity index is 2.17. The summed E-state index contributed by atoms with van der Waals surface area (Å²) in [6.07, 6.45) is 5.15. The molecule has 0 aliphatic rings. The van der Waals surface area contributed by atoms with Crippen molar-refractivity contribution in [2.24, 2.45) is 0 Å². The largest absolute Gasteiger partial charge is 0.462 e. The number of carbonyl (C=O) groups is 2. The average Bonchev–Trinajstić information content (AvgIpc) is 3.02. The number of ether oxygens (including phenoxy) is 2. The highest BCUT2D eigenvalue weighted by molar-refractivity contribution is 6.02. The molecule has 3 aromatic rings. The molecule has 3 aromatic heterocycles. The molecular formula is C19H18N2O4. The molecule has 0 amide bonds. The van der Waals surface area contributed by atoms with E-state index in [4.69, 9.17) is 9.47 Å². The van der Waals surface area contributed by atoms with Gasteiger partial charge in [0.1, 0.15) is 5.69 Å². The van der Waals surface area contributed by atoms with Crippen LogP contribution >= 0.6 is 0 Å². The standard InChI is InChI=1S/C19H18N2O4/c1-3-24-18(22)15-12-17(19(23)25-4-2)21-10-7-14(11-16(15)21)13-5-8-20-9-6-13/h5-12H,3-4H2,1-2H3. The SMILES string of the molecule is CCOC(=O)c1cc(C(=O)OCC)n2ccc(-c3ccncc3)cc12. The van der Waals surface area contributed by atoms with Gasteiger partial charge in [-0.15, -0.1) is 0 Å². The second kappa shape index (κ2) is 7.17. The van der Waals surface area contributed by atoms with Crippen molar-refractivity contribution in [3.8, 4) is 11.1 Å². The third kappa shape index (κ3) is 3.24. The number of aromatic nitrogens is 2. The van der Waals surface area contributed by atoms with Crippen LogP contribution in [0.3, 0.4) is 0 Å². The molecule has 3 rings (SSSR count). The topological polar surface area (TPSA) is 69.9 Å². The molecule has 0 unspecified atom stereocenters. The summed E-state index contributed by atoms with van der Waals surface area (Å²) in [7, 11) is 0. The third-order valence-electron chi connectivity index (χ3n) is 3.77. The van der Waals surface area contributed by atoms with E-state index < -0.39 is 11.9 Å². The Morgan fingerprint density at radius 3 is 2.32 bits per heavy atom. The quantitative estimate of drug-likeness (QED) is 0.667. The van der Waals surface area contributed by atoms with E-state index in [2.05, 4.69) is 4.98 Å². The van der Waals surface area contributed by atoms with Crippen LogP contribution < -0.4 is 0 Å². The lowest BCUT2D eigenvalue weighted by atomic mass is 10.1. The molecule has 0 aliphatic carbocycles. The normalized spacial score (nSPS) is 10.6. The molecule has 0 aromatic carbocycles. The van der Waals surface area contributed by atoms with Crippen molar-refractivity contribution >= 4 is 17.5 Å². The fraction of sp³-hybridized carbons (Fsp3) is 0.211. The second-order valence-corrected chi connectivity index (χ2v) is 5.29. The maximum atomic E-state index is 12.3. The predicted molar refractivity (Wildman–Crippen MR) is 92.5 cm³/mol. The van der Waals surface area contributed by atoms with Gasteiger partial charge in [-0.25, -0.2) is 9.59 Å². The van der Waals surface area contributed by atoms with Gasteiger partial charge >= 0.3 is 11.9 Å². The van der Waals surface area contributed by atoms with Gasteiger partial charge in [0, 0.05) is 18.6 Å². The number of hydrogen-bond acceptors (Lipinski definition) is 5. The van der Waals surface area contributed by atoms with E-state index in [1.807, 2.05) is 24.3 Å². The number of esters is 2. The number of pyridine rings is 2. The molecule has 0 spiro atoms. The molecule has 0 N–H and O–H groups in total. The number of nitrogens with zero attached hydrogens (tertiary/aromatic N) is 2. The minimum absolute atomic E-state index is 0.259. The molecule has 0 saturated carbocycles. The molecule has 128 valence electrons. The molecule has 0 fully saturated rings. The van der Waals surface area contributed by atoms with Crippen LogP contribution in [0.4, 0.5) is 0 Å². The number of rotatable bonds is 5. The maximum absolute atomic E-state index is 12.3. The first kappa shape index (κ1) is 16.7. The summed E-state index contributed by atoms with van der Waals surface area (Å²) in [6.45, 7) is 4.00. The zero-order valence-corrected chi connectivity index (χ0v) is 14.1. The van der Waals surface area contributed by atoms with Crippen LogP contribution in [0, 0.1) is 0 Å². The summed E-state index contributed by atoms with van der Waals surface area (Å²) in [5.41, 5.74) is 3.10. The van der Waals surface area contributed by atoms with Gasteiger partial charge in [-0.3, -0.25) is 4.98 Å². The Bertz CT molecular complexity index is 916. The second-order valence-electron chi connectivity index (χ2n) is 5.29. The zero-order chi connectivity index (χ0) is 17.8. The van der Waals surface area contributed by atoms with Gasteiger partial charge in [-0.05, 0) is 55.3 Å². The molecular weight excluding hydrogens is 320 g/mol. The molecule has 0 bridgehead atoms. The number of hydrogen-bond donors (Lipinski definition) is 0. The fourth-order valence-electron chi connectivity index (χ4n) is 2.66. The van der Waals surface area contributed by atoms with Crippen LogP contribution in [0.5, 0.6) is 0 Å². The summed E-state index contributed by atoms with van der Waals surface area (Å²) in [5.74, 6) is -0.952. The monoisotopic (exact) mass is 338 g/mol. The molecule has 6 heteroatoms. The van der Waals surface area contributed by atoms with E-state index in [0.717, 1.165) is 11.1 Å². The highest BCUT2D eigenvalue weighted by atomic mass is 16.5. The van der Waals surface area contributed by atoms with Crippen LogP contribution in [0.25, 0.3) is 16.6 Å². The number of carbonyl (C=O) groups excluding carboxylic acids is 2. The first-order valence-corrected chi connectivity index (χ1v) is 8.05. The Labute approximate surface area is 145 Å². The molecule has 0 saturated heterocycles. The van der Waals surface area contributed by atoms with E-state index in [1.54, 1.807) is 36.8 Å². The minimum atomic E-state index is -0.482. The lowest BCUT2D eigenvalue weighted by Gasteiger charge is -2.06. The van der Waals surface area contributed by atoms with Crippen molar-refractivity contribution in [1.29, 1.82) is 0 Å². The Morgan fingerprint density at radius 2 is 1.64 bits per heavy atom. The number of fused-ring (bicyclic) bond motifs is 1. The molecule has 25 heavy (non-hydrogen) atoms. The summed E-state index contributed by atoms with van der Waals surface area (Å²) >= 11 is 0. The third-order valence-corrected chi connectivity index (χ3v) is 3.77. The van der Waals surface area contributed by atoms with Crippen molar-refractivity contribution in [2.45, 2.75) is 13.8 Å². The molecule has 6 nitrogen and oxygen atoms in total. The first-order chi connectivity index (χ1) is 12.2. The van der Waals surface area contributed by atoms with Crippen molar-refractivity contribution in [3.05, 3.63) is 60.2 Å². The van der Waals surface area contributed by atoms with E-state index in [0.29, 0.717) is 16.8 Å². The van der Waals surface area contributed by atoms with Crippen molar-refractivity contribution < 1.29 is 19.1 Å². The van der Waals surface area contributed by atoms with Crippen LogP contribution in [-0.2, 0) is 9.47 Å². The Kier molecular flexibility index (Phi) is 4.79. The highest BCUT2D eigenvalue weighted by Gasteiger charge is 2.21. The average molecular weight is 338 g/mol. The van der Waals surface area contributed by atoms with E-state index >= 15 is 0 Å². The van der Waals surface area contributed by atoms with E-state index in [9.17, 15) is 9.59 Å². The lowest BCUT2D eigenvalue weighted by molar-refractivity contribution is 0.0517. The van der Waals surface area contributed by atoms with Crippen LogP contribution in [0.2, 0.25) is 0 Å². The van der Waals surface area contributed by atoms with Gasteiger partial charge in [0.15, 0.2) is 0 Å². The predicted octanol–water partition coefficient (Wildman–Crippen LogP) is 3.35. The molecule has 0 aliphatic heterocycles. The Hall–Kier alpha value is -3.15. The lowest BCUT2D eigenvalue weighted by Crippen LogP contribution is -2.07. The van der Waals surface area contributed by atoms with E-state index in [-0.39, 0.29) is 13.2 Å². The summed E-state index contributed by atoms with van der Waals surface area (Å²) in [6, 6.07) is 9.00. The van der Waals surface area contributed by atoms with Gasteiger partial charge < -0.3 is 13.9 Å². The van der Waals surface area contributed by atoms with Crippen molar-refractivity contribution in [1.82, 2.24) is 9.38 Å². The minimum Gasteiger partial charge on any atom is -0.462 e. The summed E-state index contributed by atoms with van der Waals surface area (Å²) in [4.78, 5) is 28.5. The van der Waals surface area contributed by atoms with Crippen LogP contribution in [0.1, 0.15) is 34.7 Å². The molecule has 0 atom stereocenters. The zero-order valence-electron chi connectivity index (χ0n) is 14.1. The van der Waals surface area contributed by atoms with Gasteiger partial charge in [0.05, 0.1) is 24.3 Å². The van der Waals surface area contributed by atoms with E-state index in [1.165, 1.54) is 6.07 Å². The van der Waals surface area contributed by atoms with Gasteiger partial charge in [-0.2, -0.15) is 0 Å². The van der Waals surface area contributed by atoms with Gasteiger partial charge in [0.2, 0.25) is 0 Å². The van der Waals surface area contributed by atoms with Gasteiger partial charge in [-0.1, -0.05) is 0 Å². The maximum Gasteiger partial charge on any atom is 0.355 e. The van der Waals surface area contributed by atoms with Gasteiger partial charge in [0.25, 0.3) is 0 Å². The Morgan fingerprint density at radius 1 is 0.960 bits per heavy atom. The molecule has 0 radical (unpaired) electrons. The fourth-order valence-corrected chi connectivity index (χ4v) is 2.66. The van der Waals surface area contributed by atoms with Crippen molar-refractivity contribution in [2.75, 3.05) is 13.2 Å². The van der Waals surface area contributed by atoms with Crippen molar-refractivity contribution in [3.63, 3.8) is 0 Å². The summed E-state index contributed by atoms with van der Waals surface area (Å²) < 4.78 is 11.9. The highest BCUT2D eigenvalue weighted by Crippen LogP contribution is 2.25. The van der Waals surface area contributed by atoms with Crippen LogP contribution in [-0.4, -0.2) is 34.5 Å². The first-order valence-electron chi connectivity index (χ1n) is 8.05. The smallest absolute Gasteiger partial charge is 0.355 e. The molecule has 3 heterocycles. The van der Waals surface area contributed by atoms with Crippen LogP contribution in [0.15, 0.2) is 48.9 Å².